The molecule has 0 aromatic carbocycles. The van der Waals surface area contributed by atoms with E-state index >= 15 is 0 Å². The second-order valence-electron chi connectivity index (χ2n) is 2.79. The molecule has 2 atom stereocenters. The Labute approximate surface area is 67.3 Å². The Kier molecular flexibility index (Phi) is 3.83. The molecule has 0 amide bonds. The average molecular weight is 160 g/mol. The van der Waals surface area contributed by atoms with Gasteiger partial charge in [0.15, 0.2) is 0 Å². The second kappa shape index (κ2) is 4.70. The maximum atomic E-state index is 8.74. The fourth-order valence-corrected chi connectivity index (χ4v) is 1.29. The van der Waals surface area contributed by atoms with Gasteiger partial charge < -0.3 is 14.6 Å². The summed E-state index contributed by atoms with van der Waals surface area (Å²) in [6.45, 7) is 3.51. The van der Waals surface area contributed by atoms with Gasteiger partial charge in [-0.25, -0.2) is 0 Å². The van der Waals surface area contributed by atoms with Crippen molar-refractivity contribution in [3.63, 3.8) is 0 Å². The molecule has 0 bridgehead atoms. The minimum absolute atomic E-state index is 0.0479. The van der Waals surface area contributed by atoms with Crippen LogP contribution in [0.2, 0.25) is 0 Å². The lowest BCUT2D eigenvalue weighted by Gasteiger charge is -2.27. The highest BCUT2D eigenvalue weighted by molar-refractivity contribution is 4.69. The van der Waals surface area contributed by atoms with E-state index in [1.807, 2.05) is 6.92 Å². The van der Waals surface area contributed by atoms with Crippen molar-refractivity contribution in [1.29, 1.82) is 0 Å². The Bertz CT molecular complexity index is 97.5. The van der Waals surface area contributed by atoms with Crippen LogP contribution in [0.3, 0.4) is 0 Å². The molecule has 0 aromatic heterocycles. The van der Waals surface area contributed by atoms with Gasteiger partial charge in [-0.2, -0.15) is 0 Å². The first-order valence-electron chi connectivity index (χ1n) is 4.21. The number of hydrogen-bond donors (Lipinski definition) is 1. The molecular formula is C8H16O3. The number of hydrogen-bond acceptors (Lipinski definition) is 3. The maximum absolute atomic E-state index is 8.74. The molecule has 1 N–H and O–H groups in total. The summed E-state index contributed by atoms with van der Waals surface area (Å²) in [6.07, 6.45) is 2.23. The zero-order chi connectivity index (χ0) is 8.10. The van der Waals surface area contributed by atoms with E-state index in [0.29, 0.717) is 6.61 Å². The molecule has 0 saturated carbocycles. The van der Waals surface area contributed by atoms with Gasteiger partial charge in [-0.15, -0.1) is 0 Å². The van der Waals surface area contributed by atoms with Gasteiger partial charge in [-0.3, -0.25) is 0 Å². The van der Waals surface area contributed by atoms with Gasteiger partial charge in [0.25, 0.3) is 0 Å². The lowest BCUT2D eigenvalue weighted by atomic mass is 10.1. The first-order valence-corrected chi connectivity index (χ1v) is 4.21. The second-order valence-corrected chi connectivity index (χ2v) is 2.79. The maximum Gasteiger partial charge on any atom is 0.0809 e. The first-order chi connectivity index (χ1) is 5.36. The summed E-state index contributed by atoms with van der Waals surface area (Å²) in [4.78, 5) is 0. The summed E-state index contributed by atoms with van der Waals surface area (Å²) in [5.41, 5.74) is 0. The van der Waals surface area contributed by atoms with Crippen LogP contribution in [-0.2, 0) is 9.47 Å². The number of aliphatic hydroxyl groups excluding tert-OH is 1. The van der Waals surface area contributed by atoms with E-state index in [2.05, 4.69) is 0 Å². The monoisotopic (exact) mass is 160 g/mol. The van der Waals surface area contributed by atoms with Crippen LogP contribution >= 0.6 is 0 Å². The van der Waals surface area contributed by atoms with E-state index in [1.54, 1.807) is 0 Å². The van der Waals surface area contributed by atoms with Crippen LogP contribution in [0.15, 0.2) is 0 Å². The molecule has 66 valence electrons. The Morgan fingerprint density at radius 2 is 2.36 bits per heavy atom. The van der Waals surface area contributed by atoms with Crippen molar-refractivity contribution in [2.24, 2.45) is 0 Å². The minimum Gasteiger partial charge on any atom is -0.394 e. The van der Waals surface area contributed by atoms with Crippen molar-refractivity contribution < 1.29 is 14.6 Å². The standard InChI is InChI=1S/C8H16O3/c1-2-10-8-4-3-7(5-9)11-6-8/h7-9H,2-6H2,1H3. The lowest BCUT2D eigenvalue weighted by molar-refractivity contribution is -0.0956. The summed E-state index contributed by atoms with van der Waals surface area (Å²) < 4.78 is 10.7. The molecule has 1 fully saturated rings. The molecular weight excluding hydrogens is 144 g/mol. The van der Waals surface area contributed by atoms with Crippen molar-refractivity contribution in [2.75, 3.05) is 19.8 Å². The number of aliphatic hydroxyl groups is 1. The molecule has 0 aromatic rings. The van der Waals surface area contributed by atoms with Gasteiger partial charge in [0, 0.05) is 6.61 Å². The molecule has 1 aliphatic heterocycles. The highest BCUT2D eigenvalue weighted by Crippen LogP contribution is 2.15. The highest BCUT2D eigenvalue weighted by Gasteiger charge is 2.20. The predicted octanol–water partition coefficient (Wildman–Crippen LogP) is 0.563. The van der Waals surface area contributed by atoms with Crippen molar-refractivity contribution in [1.82, 2.24) is 0 Å². The molecule has 1 aliphatic rings. The van der Waals surface area contributed by atoms with Gasteiger partial charge in [0.2, 0.25) is 0 Å². The van der Waals surface area contributed by atoms with E-state index in [1.165, 1.54) is 0 Å². The van der Waals surface area contributed by atoms with Crippen LogP contribution < -0.4 is 0 Å². The predicted molar refractivity (Wildman–Crippen MR) is 41.5 cm³/mol. The quantitative estimate of drug-likeness (QED) is 0.655. The molecule has 0 aliphatic carbocycles. The minimum atomic E-state index is 0.0479. The van der Waals surface area contributed by atoms with Crippen molar-refractivity contribution in [3.8, 4) is 0 Å². The largest absolute Gasteiger partial charge is 0.394 e. The van der Waals surface area contributed by atoms with Crippen molar-refractivity contribution in [3.05, 3.63) is 0 Å². The third kappa shape index (κ3) is 2.77. The normalized spacial score (nSPS) is 32.2. The summed E-state index contributed by atoms with van der Waals surface area (Å²) in [5, 5.41) is 8.74. The molecule has 1 heterocycles. The van der Waals surface area contributed by atoms with E-state index in [4.69, 9.17) is 14.6 Å². The fraction of sp³-hybridized carbons (Fsp3) is 1.00. The van der Waals surface area contributed by atoms with E-state index in [-0.39, 0.29) is 18.8 Å². The summed E-state index contributed by atoms with van der Waals surface area (Å²) in [5.74, 6) is 0. The summed E-state index contributed by atoms with van der Waals surface area (Å²) in [6, 6.07) is 0. The van der Waals surface area contributed by atoms with Gasteiger partial charge >= 0.3 is 0 Å². The highest BCUT2D eigenvalue weighted by atomic mass is 16.5. The third-order valence-electron chi connectivity index (χ3n) is 1.93. The Balaban J connectivity index is 2.14. The van der Waals surface area contributed by atoms with Crippen LogP contribution in [0, 0.1) is 0 Å². The summed E-state index contributed by atoms with van der Waals surface area (Å²) >= 11 is 0. The third-order valence-corrected chi connectivity index (χ3v) is 1.93. The van der Waals surface area contributed by atoms with Crippen LogP contribution in [-0.4, -0.2) is 37.1 Å². The Morgan fingerprint density at radius 3 is 2.82 bits per heavy atom. The summed E-state index contributed by atoms with van der Waals surface area (Å²) in [7, 11) is 0. The topological polar surface area (TPSA) is 38.7 Å². The van der Waals surface area contributed by atoms with Crippen LogP contribution in [0.1, 0.15) is 19.8 Å². The molecule has 1 saturated heterocycles. The molecule has 0 spiro atoms. The van der Waals surface area contributed by atoms with Crippen LogP contribution in [0.25, 0.3) is 0 Å². The molecule has 1 rings (SSSR count). The molecule has 2 unspecified atom stereocenters. The molecule has 3 heteroatoms. The van der Waals surface area contributed by atoms with Crippen LogP contribution in [0.5, 0.6) is 0 Å². The number of rotatable bonds is 3. The van der Waals surface area contributed by atoms with Gasteiger partial charge in [-0.1, -0.05) is 0 Å². The van der Waals surface area contributed by atoms with Crippen LogP contribution in [0.4, 0.5) is 0 Å². The van der Waals surface area contributed by atoms with Crippen molar-refractivity contribution in [2.45, 2.75) is 32.0 Å². The van der Waals surface area contributed by atoms with Gasteiger partial charge in [0.1, 0.15) is 0 Å². The zero-order valence-corrected chi connectivity index (χ0v) is 6.95. The molecule has 3 nitrogen and oxygen atoms in total. The molecule has 0 radical (unpaired) electrons. The Hall–Kier alpha value is -0.120. The van der Waals surface area contributed by atoms with Crippen molar-refractivity contribution >= 4 is 0 Å². The number of ether oxygens (including phenoxy) is 2. The van der Waals surface area contributed by atoms with E-state index < -0.39 is 0 Å². The SMILES string of the molecule is CCOC1CCC(CO)OC1. The fourth-order valence-electron chi connectivity index (χ4n) is 1.29. The lowest BCUT2D eigenvalue weighted by Crippen LogP contribution is -2.33. The van der Waals surface area contributed by atoms with E-state index in [0.717, 1.165) is 19.4 Å². The van der Waals surface area contributed by atoms with E-state index in [9.17, 15) is 0 Å². The van der Waals surface area contributed by atoms with Gasteiger partial charge in [0.05, 0.1) is 25.4 Å². The zero-order valence-electron chi connectivity index (χ0n) is 6.95. The average Bonchev–Trinajstić information content (AvgIpc) is 2.07. The smallest absolute Gasteiger partial charge is 0.0809 e. The van der Waals surface area contributed by atoms with Gasteiger partial charge in [-0.05, 0) is 19.8 Å². The molecule has 11 heavy (non-hydrogen) atoms. The Morgan fingerprint density at radius 1 is 1.55 bits per heavy atom. The first kappa shape index (κ1) is 8.97.